The smallest absolute Gasteiger partial charge is 0.127 e. The van der Waals surface area contributed by atoms with Gasteiger partial charge in [-0.25, -0.2) is 8.78 Å². The first kappa shape index (κ1) is 16.0. The average molecular weight is 306 g/mol. The third-order valence-electron chi connectivity index (χ3n) is 6.22. The second-order valence-corrected chi connectivity index (χ2v) is 7.75. The monoisotopic (exact) mass is 306 g/mol. The van der Waals surface area contributed by atoms with E-state index in [1.54, 1.807) is 6.92 Å². The molecule has 2 heteroatoms. The maximum atomic E-state index is 14.1. The first-order valence-electron chi connectivity index (χ1n) is 9.00. The normalized spacial score (nSPS) is 32.9. The van der Waals surface area contributed by atoms with E-state index in [9.17, 15) is 8.78 Å². The minimum absolute atomic E-state index is 0.214. The van der Waals surface area contributed by atoms with Crippen molar-refractivity contribution in [3.05, 3.63) is 34.9 Å². The molecule has 0 unspecified atom stereocenters. The Morgan fingerprint density at radius 3 is 1.91 bits per heavy atom. The maximum Gasteiger partial charge on any atom is 0.127 e. The molecule has 0 N–H and O–H groups in total. The van der Waals surface area contributed by atoms with Crippen LogP contribution in [0, 0.1) is 36.3 Å². The fourth-order valence-corrected chi connectivity index (χ4v) is 4.63. The van der Waals surface area contributed by atoms with Gasteiger partial charge in [0.1, 0.15) is 11.6 Å². The van der Waals surface area contributed by atoms with Crippen LogP contribution in [0.1, 0.15) is 75.3 Å². The number of benzene rings is 1. The fourth-order valence-electron chi connectivity index (χ4n) is 4.63. The summed E-state index contributed by atoms with van der Waals surface area (Å²) in [4.78, 5) is 0. The van der Waals surface area contributed by atoms with E-state index in [0.717, 1.165) is 30.6 Å². The Balaban J connectivity index is 1.61. The summed E-state index contributed by atoms with van der Waals surface area (Å²) >= 11 is 0. The van der Waals surface area contributed by atoms with Crippen LogP contribution in [0.3, 0.4) is 0 Å². The number of rotatable bonds is 2. The van der Waals surface area contributed by atoms with Crippen LogP contribution in [0.4, 0.5) is 8.78 Å². The lowest BCUT2D eigenvalue weighted by Crippen LogP contribution is -2.25. The third-order valence-corrected chi connectivity index (χ3v) is 6.22. The molecule has 0 bridgehead atoms. The van der Waals surface area contributed by atoms with E-state index in [-0.39, 0.29) is 17.6 Å². The molecule has 0 nitrogen and oxygen atoms in total. The van der Waals surface area contributed by atoms with Crippen molar-refractivity contribution >= 4 is 0 Å². The van der Waals surface area contributed by atoms with Gasteiger partial charge in [-0.15, -0.1) is 0 Å². The predicted molar refractivity (Wildman–Crippen MR) is 86.9 cm³/mol. The molecular formula is C20H28F2. The van der Waals surface area contributed by atoms with Crippen LogP contribution in [0.5, 0.6) is 0 Å². The second kappa shape index (κ2) is 6.68. The van der Waals surface area contributed by atoms with Gasteiger partial charge >= 0.3 is 0 Å². The highest BCUT2D eigenvalue weighted by molar-refractivity contribution is 5.28. The largest absolute Gasteiger partial charge is 0.207 e. The lowest BCUT2D eigenvalue weighted by Gasteiger charge is -2.37. The van der Waals surface area contributed by atoms with Gasteiger partial charge in [-0.05, 0) is 92.4 Å². The summed E-state index contributed by atoms with van der Waals surface area (Å²) in [5.74, 6) is 2.35. The van der Waals surface area contributed by atoms with Crippen molar-refractivity contribution in [2.45, 2.75) is 71.1 Å². The Morgan fingerprint density at radius 2 is 1.32 bits per heavy atom. The molecule has 0 radical (unpaired) electrons. The lowest BCUT2D eigenvalue weighted by molar-refractivity contribution is 0.164. The SMILES string of the molecule is Cc1cc(F)c(C2CCC(C3CCC(C)CC3)CC2)cc1F. The van der Waals surface area contributed by atoms with E-state index in [1.165, 1.54) is 50.7 Å². The molecule has 122 valence electrons. The topological polar surface area (TPSA) is 0 Å². The minimum atomic E-state index is -0.264. The van der Waals surface area contributed by atoms with Crippen LogP contribution in [0.2, 0.25) is 0 Å². The minimum Gasteiger partial charge on any atom is -0.207 e. The average Bonchev–Trinajstić information content (AvgIpc) is 2.52. The fraction of sp³-hybridized carbons (Fsp3) is 0.700. The van der Waals surface area contributed by atoms with E-state index >= 15 is 0 Å². The van der Waals surface area contributed by atoms with Gasteiger partial charge in [0.2, 0.25) is 0 Å². The summed E-state index contributed by atoms with van der Waals surface area (Å²) in [5, 5.41) is 0. The number of hydrogen-bond donors (Lipinski definition) is 0. The zero-order valence-electron chi connectivity index (χ0n) is 13.9. The molecule has 1 aromatic carbocycles. The van der Waals surface area contributed by atoms with Crippen LogP contribution in [-0.4, -0.2) is 0 Å². The molecule has 1 aromatic rings. The van der Waals surface area contributed by atoms with Gasteiger partial charge in [0.15, 0.2) is 0 Å². The van der Waals surface area contributed by atoms with Crippen molar-refractivity contribution in [1.82, 2.24) is 0 Å². The van der Waals surface area contributed by atoms with E-state index in [4.69, 9.17) is 0 Å². The van der Waals surface area contributed by atoms with E-state index in [0.29, 0.717) is 11.1 Å². The summed E-state index contributed by atoms with van der Waals surface area (Å²) in [6.07, 6.45) is 9.95. The van der Waals surface area contributed by atoms with Gasteiger partial charge in [-0.1, -0.05) is 19.8 Å². The predicted octanol–water partition coefficient (Wildman–Crippen LogP) is 6.37. The van der Waals surface area contributed by atoms with Gasteiger partial charge in [0.25, 0.3) is 0 Å². The molecular weight excluding hydrogens is 278 g/mol. The summed E-state index contributed by atoms with van der Waals surface area (Å²) in [6, 6.07) is 2.80. The van der Waals surface area contributed by atoms with Crippen LogP contribution in [-0.2, 0) is 0 Å². The van der Waals surface area contributed by atoms with Crippen molar-refractivity contribution in [2.24, 2.45) is 17.8 Å². The van der Waals surface area contributed by atoms with Crippen LogP contribution >= 0.6 is 0 Å². The van der Waals surface area contributed by atoms with E-state index in [2.05, 4.69) is 6.92 Å². The van der Waals surface area contributed by atoms with Crippen LogP contribution < -0.4 is 0 Å². The Bertz CT molecular complexity index is 507. The quantitative estimate of drug-likeness (QED) is 0.595. The summed E-state index contributed by atoms with van der Waals surface area (Å²) in [7, 11) is 0. The van der Waals surface area contributed by atoms with E-state index in [1.807, 2.05) is 0 Å². The second-order valence-electron chi connectivity index (χ2n) is 7.75. The van der Waals surface area contributed by atoms with Gasteiger partial charge in [0, 0.05) is 0 Å². The number of halogens is 2. The van der Waals surface area contributed by atoms with Gasteiger partial charge < -0.3 is 0 Å². The Hall–Kier alpha value is -0.920. The Morgan fingerprint density at radius 1 is 0.773 bits per heavy atom. The first-order chi connectivity index (χ1) is 10.5. The highest BCUT2D eigenvalue weighted by atomic mass is 19.1. The summed E-state index contributed by atoms with van der Waals surface area (Å²) in [5.41, 5.74) is 1.02. The molecule has 0 heterocycles. The van der Waals surface area contributed by atoms with Gasteiger partial charge in [-0.3, -0.25) is 0 Å². The van der Waals surface area contributed by atoms with Crippen molar-refractivity contribution < 1.29 is 8.78 Å². The van der Waals surface area contributed by atoms with E-state index < -0.39 is 0 Å². The van der Waals surface area contributed by atoms with Gasteiger partial charge in [-0.2, -0.15) is 0 Å². The van der Waals surface area contributed by atoms with Crippen molar-refractivity contribution in [2.75, 3.05) is 0 Å². The molecule has 0 aromatic heterocycles. The summed E-state index contributed by atoms with van der Waals surface area (Å²) < 4.78 is 27.9. The zero-order valence-corrected chi connectivity index (χ0v) is 13.9. The Labute approximate surface area is 133 Å². The molecule has 2 aliphatic rings. The molecule has 0 amide bonds. The molecule has 22 heavy (non-hydrogen) atoms. The zero-order chi connectivity index (χ0) is 15.7. The number of hydrogen-bond acceptors (Lipinski definition) is 0. The van der Waals surface area contributed by atoms with Crippen molar-refractivity contribution in [3.63, 3.8) is 0 Å². The molecule has 2 aliphatic carbocycles. The van der Waals surface area contributed by atoms with Crippen molar-refractivity contribution in [3.8, 4) is 0 Å². The standard InChI is InChI=1S/C20H28F2/c1-13-3-5-15(6-4-13)16-7-9-17(10-8-16)18-12-19(21)14(2)11-20(18)22/h11-13,15-17H,3-10H2,1-2H3. The number of aryl methyl sites for hydroxylation is 1. The van der Waals surface area contributed by atoms with Crippen LogP contribution in [0.25, 0.3) is 0 Å². The maximum absolute atomic E-state index is 14.1. The molecule has 0 saturated heterocycles. The highest BCUT2D eigenvalue weighted by Gasteiger charge is 2.31. The molecule has 0 aliphatic heterocycles. The van der Waals surface area contributed by atoms with Crippen LogP contribution in [0.15, 0.2) is 12.1 Å². The molecule has 0 spiro atoms. The molecule has 2 saturated carbocycles. The first-order valence-corrected chi connectivity index (χ1v) is 9.00. The molecule has 2 fully saturated rings. The Kier molecular flexibility index (Phi) is 4.84. The third kappa shape index (κ3) is 3.36. The van der Waals surface area contributed by atoms with Crippen molar-refractivity contribution in [1.29, 1.82) is 0 Å². The highest BCUT2D eigenvalue weighted by Crippen LogP contribution is 2.44. The molecule has 3 rings (SSSR count). The molecule has 0 atom stereocenters. The van der Waals surface area contributed by atoms with Gasteiger partial charge in [0.05, 0.1) is 0 Å². The summed E-state index contributed by atoms with van der Waals surface area (Å²) in [6.45, 7) is 3.99. The lowest BCUT2D eigenvalue weighted by atomic mass is 9.68.